The fourth-order valence-corrected chi connectivity index (χ4v) is 1.65. The molecule has 19 heavy (non-hydrogen) atoms. The second-order valence-electron chi connectivity index (χ2n) is 4.42. The number of nitrogens with two attached hydrogens (primary N) is 1. The highest BCUT2D eigenvalue weighted by atomic mass is 16.3. The number of nitrogens with one attached hydrogen (secondary N) is 1. The predicted molar refractivity (Wildman–Crippen MR) is 77.7 cm³/mol. The summed E-state index contributed by atoms with van der Waals surface area (Å²) >= 11 is 0. The molecular weight excluding hydrogens is 240 g/mol. The number of rotatable bonds is 8. The number of benzene rings is 1. The zero-order valence-corrected chi connectivity index (χ0v) is 11.1. The summed E-state index contributed by atoms with van der Waals surface area (Å²) in [6, 6.07) is 6.70. The van der Waals surface area contributed by atoms with Crippen molar-refractivity contribution in [2.24, 2.45) is 5.73 Å². The van der Waals surface area contributed by atoms with Gasteiger partial charge in [0.1, 0.15) is 5.75 Å². The third kappa shape index (κ3) is 7.26. The van der Waals surface area contributed by atoms with E-state index in [0.717, 1.165) is 37.8 Å². The fourth-order valence-electron chi connectivity index (χ4n) is 1.65. The normalized spacial score (nSPS) is 10.8. The van der Waals surface area contributed by atoms with Gasteiger partial charge in [0.25, 0.3) is 0 Å². The first-order valence-corrected chi connectivity index (χ1v) is 6.67. The Morgan fingerprint density at radius 3 is 2.53 bits per heavy atom. The van der Waals surface area contributed by atoms with Crippen LogP contribution in [-0.4, -0.2) is 24.1 Å². The third-order valence-corrected chi connectivity index (χ3v) is 2.75. The molecular formula is C15H22N2O2. The highest BCUT2D eigenvalue weighted by molar-refractivity contribution is 5.91. The predicted octanol–water partition coefficient (Wildman–Crippen LogP) is 2.04. The van der Waals surface area contributed by atoms with Gasteiger partial charge in [0.2, 0.25) is 5.91 Å². The summed E-state index contributed by atoms with van der Waals surface area (Å²) in [7, 11) is 0. The Labute approximate surface area is 114 Å². The molecule has 0 aliphatic carbocycles. The van der Waals surface area contributed by atoms with Crippen LogP contribution in [-0.2, 0) is 4.79 Å². The SMILES string of the molecule is NCCCCCCNC(=O)/C=C/c1ccc(O)cc1. The van der Waals surface area contributed by atoms with Crippen LogP contribution in [0.5, 0.6) is 5.75 Å². The van der Waals surface area contributed by atoms with Crippen molar-refractivity contribution in [2.75, 3.05) is 13.1 Å². The van der Waals surface area contributed by atoms with Crippen LogP contribution in [0.25, 0.3) is 6.08 Å². The minimum Gasteiger partial charge on any atom is -0.508 e. The maximum atomic E-state index is 11.5. The van der Waals surface area contributed by atoms with Gasteiger partial charge in [0.05, 0.1) is 0 Å². The Balaban J connectivity index is 2.18. The van der Waals surface area contributed by atoms with Crippen LogP contribution in [0, 0.1) is 0 Å². The average Bonchev–Trinajstić information content (AvgIpc) is 2.42. The van der Waals surface area contributed by atoms with E-state index in [-0.39, 0.29) is 11.7 Å². The molecule has 0 bridgehead atoms. The highest BCUT2D eigenvalue weighted by Crippen LogP contribution is 2.10. The molecule has 0 atom stereocenters. The number of phenolic OH excluding ortho intramolecular Hbond substituents is 1. The zero-order valence-electron chi connectivity index (χ0n) is 11.1. The van der Waals surface area contributed by atoms with Crippen molar-refractivity contribution in [1.82, 2.24) is 5.32 Å². The minimum absolute atomic E-state index is 0.0908. The average molecular weight is 262 g/mol. The van der Waals surface area contributed by atoms with Crippen LogP contribution in [0.3, 0.4) is 0 Å². The molecule has 4 nitrogen and oxygen atoms in total. The van der Waals surface area contributed by atoms with Gasteiger partial charge in [-0.3, -0.25) is 4.79 Å². The van der Waals surface area contributed by atoms with E-state index in [0.29, 0.717) is 6.54 Å². The van der Waals surface area contributed by atoms with Gasteiger partial charge >= 0.3 is 0 Å². The summed E-state index contributed by atoms with van der Waals surface area (Å²) in [6.45, 7) is 1.44. The summed E-state index contributed by atoms with van der Waals surface area (Å²) in [6.07, 6.45) is 7.48. The number of phenols is 1. The van der Waals surface area contributed by atoms with Gasteiger partial charge in [-0.1, -0.05) is 25.0 Å². The van der Waals surface area contributed by atoms with Crippen molar-refractivity contribution in [3.63, 3.8) is 0 Å². The topological polar surface area (TPSA) is 75.3 Å². The Morgan fingerprint density at radius 1 is 1.16 bits per heavy atom. The molecule has 1 aromatic carbocycles. The maximum absolute atomic E-state index is 11.5. The third-order valence-electron chi connectivity index (χ3n) is 2.75. The molecule has 0 saturated carbocycles. The first kappa shape index (κ1) is 15.2. The maximum Gasteiger partial charge on any atom is 0.243 e. The molecule has 0 heterocycles. The number of carbonyl (C=O) groups excluding carboxylic acids is 1. The van der Waals surface area contributed by atoms with Crippen LogP contribution < -0.4 is 11.1 Å². The molecule has 4 heteroatoms. The standard InChI is InChI=1S/C15H22N2O2/c16-11-3-1-2-4-12-17-15(19)10-7-13-5-8-14(18)9-6-13/h5-10,18H,1-4,11-12,16H2,(H,17,19)/b10-7+. The monoisotopic (exact) mass is 262 g/mol. The minimum atomic E-state index is -0.0908. The highest BCUT2D eigenvalue weighted by Gasteiger charge is 1.95. The van der Waals surface area contributed by atoms with Gasteiger partial charge in [-0.2, -0.15) is 0 Å². The molecule has 0 saturated heterocycles. The number of hydrogen-bond donors (Lipinski definition) is 3. The van der Waals surface area contributed by atoms with E-state index >= 15 is 0 Å². The summed E-state index contributed by atoms with van der Waals surface area (Å²) in [5, 5.41) is 12.0. The summed E-state index contributed by atoms with van der Waals surface area (Å²) < 4.78 is 0. The van der Waals surface area contributed by atoms with Crippen LogP contribution >= 0.6 is 0 Å². The number of hydrogen-bond acceptors (Lipinski definition) is 3. The smallest absolute Gasteiger partial charge is 0.243 e. The van der Waals surface area contributed by atoms with E-state index in [1.54, 1.807) is 30.3 Å². The van der Waals surface area contributed by atoms with Gasteiger partial charge in [-0.25, -0.2) is 0 Å². The zero-order chi connectivity index (χ0) is 13.9. The molecule has 1 aromatic rings. The van der Waals surface area contributed by atoms with Gasteiger partial charge in [-0.15, -0.1) is 0 Å². The summed E-state index contributed by atoms with van der Waals surface area (Å²) in [4.78, 5) is 11.5. The van der Waals surface area contributed by atoms with Crippen LogP contribution in [0.15, 0.2) is 30.3 Å². The largest absolute Gasteiger partial charge is 0.508 e. The Hall–Kier alpha value is -1.81. The number of aromatic hydroxyl groups is 1. The fraction of sp³-hybridized carbons (Fsp3) is 0.400. The number of carbonyl (C=O) groups is 1. The van der Waals surface area contributed by atoms with Crippen molar-refractivity contribution in [2.45, 2.75) is 25.7 Å². The van der Waals surface area contributed by atoms with E-state index in [4.69, 9.17) is 10.8 Å². The lowest BCUT2D eigenvalue weighted by atomic mass is 10.2. The molecule has 1 amide bonds. The van der Waals surface area contributed by atoms with Crippen molar-refractivity contribution < 1.29 is 9.90 Å². The first-order valence-electron chi connectivity index (χ1n) is 6.67. The molecule has 0 fully saturated rings. The van der Waals surface area contributed by atoms with Crippen molar-refractivity contribution in [3.05, 3.63) is 35.9 Å². The Kier molecular flexibility index (Phi) is 7.35. The van der Waals surface area contributed by atoms with Crippen LogP contribution in [0.1, 0.15) is 31.2 Å². The van der Waals surface area contributed by atoms with E-state index in [2.05, 4.69) is 5.32 Å². The van der Waals surface area contributed by atoms with Crippen molar-refractivity contribution in [3.8, 4) is 5.75 Å². The lowest BCUT2D eigenvalue weighted by Gasteiger charge is -2.02. The van der Waals surface area contributed by atoms with Crippen LogP contribution in [0.2, 0.25) is 0 Å². The van der Waals surface area contributed by atoms with Gasteiger partial charge in [-0.05, 0) is 43.2 Å². The molecule has 4 N–H and O–H groups in total. The molecule has 0 aromatic heterocycles. The quantitative estimate of drug-likeness (QED) is 0.495. The van der Waals surface area contributed by atoms with E-state index < -0.39 is 0 Å². The van der Waals surface area contributed by atoms with Crippen LogP contribution in [0.4, 0.5) is 0 Å². The molecule has 0 aliphatic rings. The van der Waals surface area contributed by atoms with Crippen molar-refractivity contribution >= 4 is 12.0 Å². The van der Waals surface area contributed by atoms with Crippen molar-refractivity contribution in [1.29, 1.82) is 0 Å². The first-order chi connectivity index (χ1) is 9.22. The second kappa shape index (κ2) is 9.16. The summed E-state index contributed by atoms with van der Waals surface area (Å²) in [5.41, 5.74) is 6.29. The number of amides is 1. The molecule has 0 spiro atoms. The van der Waals surface area contributed by atoms with E-state index in [1.165, 1.54) is 6.08 Å². The van der Waals surface area contributed by atoms with E-state index in [1.807, 2.05) is 0 Å². The van der Waals surface area contributed by atoms with E-state index in [9.17, 15) is 4.79 Å². The molecule has 0 radical (unpaired) electrons. The molecule has 104 valence electrons. The lowest BCUT2D eigenvalue weighted by Crippen LogP contribution is -2.22. The van der Waals surface area contributed by atoms with Gasteiger partial charge < -0.3 is 16.2 Å². The second-order valence-corrected chi connectivity index (χ2v) is 4.42. The van der Waals surface area contributed by atoms with Gasteiger partial charge in [0.15, 0.2) is 0 Å². The lowest BCUT2D eigenvalue weighted by molar-refractivity contribution is -0.116. The molecule has 0 aliphatic heterocycles. The Bertz CT molecular complexity index is 399. The molecule has 1 rings (SSSR count). The Morgan fingerprint density at radius 2 is 1.84 bits per heavy atom. The number of unbranched alkanes of at least 4 members (excludes halogenated alkanes) is 3. The summed E-state index contributed by atoms with van der Waals surface area (Å²) in [5.74, 6) is 0.131. The van der Waals surface area contributed by atoms with Gasteiger partial charge in [0, 0.05) is 12.6 Å². The molecule has 0 unspecified atom stereocenters.